The number of hydrogen-bond donors (Lipinski definition) is 1. The van der Waals surface area contributed by atoms with E-state index in [1.165, 1.54) is 18.3 Å². The summed E-state index contributed by atoms with van der Waals surface area (Å²) in [7, 11) is 0. The fraction of sp³-hybridized carbons (Fsp3) is 0.100. The Morgan fingerprint density at radius 3 is 2.87 bits per heavy atom. The highest BCUT2D eigenvalue weighted by atomic mass is 127. The van der Waals surface area contributed by atoms with Crippen LogP contribution >= 0.6 is 22.6 Å². The van der Waals surface area contributed by atoms with Crippen molar-refractivity contribution in [1.82, 2.24) is 0 Å². The van der Waals surface area contributed by atoms with Crippen LogP contribution in [-0.2, 0) is 6.61 Å². The minimum absolute atomic E-state index is 0.287. The molecule has 0 aliphatic heterocycles. The molecule has 1 heterocycles. The Morgan fingerprint density at radius 2 is 2.20 bits per heavy atom. The largest absolute Gasteiger partial charge is 0.618 e. The summed E-state index contributed by atoms with van der Waals surface area (Å²) in [5, 5.41) is 21.7. The van der Waals surface area contributed by atoms with Crippen LogP contribution in [0.3, 0.4) is 0 Å². The van der Waals surface area contributed by atoms with E-state index in [4.69, 9.17) is 5.11 Å². The molecule has 0 radical (unpaired) electrons. The van der Waals surface area contributed by atoms with Crippen molar-refractivity contribution in [1.29, 1.82) is 0 Å². The van der Waals surface area contributed by atoms with Gasteiger partial charge < -0.3 is 10.3 Å². The maximum absolute atomic E-state index is 12.9. The smallest absolute Gasteiger partial charge is 0.232 e. The van der Waals surface area contributed by atoms with Crippen LogP contribution in [0.4, 0.5) is 4.39 Å². The van der Waals surface area contributed by atoms with Crippen LogP contribution in [0.2, 0.25) is 0 Å². The summed E-state index contributed by atoms with van der Waals surface area (Å²) in [6.45, 7) is -0.324. The first-order valence-electron chi connectivity index (χ1n) is 4.24. The van der Waals surface area contributed by atoms with Crippen molar-refractivity contribution in [3.05, 3.63) is 44.7 Å². The van der Waals surface area contributed by atoms with Crippen molar-refractivity contribution in [3.63, 3.8) is 0 Å². The molecule has 1 N–H and O–H groups in total. The molecule has 0 spiro atoms. The summed E-state index contributed by atoms with van der Waals surface area (Å²) in [6.07, 6.45) is 1.27. The Morgan fingerprint density at radius 1 is 1.47 bits per heavy atom. The summed E-state index contributed by atoms with van der Waals surface area (Å²) in [5.74, 6) is -0.380. The summed E-state index contributed by atoms with van der Waals surface area (Å²) in [6, 6.07) is 4.24. The summed E-state index contributed by atoms with van der Waals surface area (Å²) in [5.41, 5.74) is 0.287. The molecule has 0 unspecified atom stereocenters. The number of pyridine rings is 1. The molecule has 0 fully saturated rings. The number of fused-ring (bicyclic) bond motifs is 1. The van der Waals surface area contributed by atoms with Crippen LogP contribution in [0.1, 0.15) is 5.69 Å². The number of aliphatic hydroxyl groups excluding tert-OH is 1. The zero-order valence-corrected chi connectivity index (χ0v) is 9.73. The van der Waals surface area contributed by atoms with Crippen LogP contribution in [0.15, 0.2) is 24.4 Å². The lowest BCUT2D eigenvalue weighted by atomic mass is 10.1. The van der Waals surface area contributed by atoms with Gasteiger partial charge >= 0.3 is 0 Å². The van der Waals surface area contributed by atoms with Crippen molar-refractivity contribution < 1.29 is 14.2 Å². The lowest BCUT2D eigenvalue weighted by Crippen LogP contribution is -2.32. The molecule has 3 nitrogen and oxygen atoms in total. The van der Waals surface area contributed by atoms with E-state index in [1.807, 2.05) is 22.6 Å². The molecule has 0 aliphatic carbocycles. The number of aromatic nitrogens is 1. The minimum atomic E-state index is -0.380. The number of hydrogen-bond acceptors (Lipinski definition) is 2. The highest BCUT2D eigenvalue weighted by Crippen LogP contribution is 2.22. The molecule has 0 atom stereocenters. The van der Waals surface area contributed by atoms with Crippen LogP contribution in [0.25, 0.3) is 10.8 Å². The highest BCUT2D eigenvalue weighted by Gasteiger charge is 2.14. The number of rotatable bonds is 1. The van der Waals surface area contributed by atoms with Crippen molar-refractivity contribution in [3.8, 4) is 0 Å². The van der Waals surface area contributed by atoms with Gasteiger partial charge in [-0.1, -0.05) is 0 Å². The van der Waals surface area contributed by atoms with Crippen LogP contribution < -0.4 is 4.73 Å². The molecule has 0 amide bonds. The molecule has 1 aromatic carbocycles. The van der Waals surface area contributed by atoms with Crippen LogP contribution in [-0.4, -0.2) is 5.11 Å². The molecule has 0 saturated heterocycles. The molecule has 0 aliphatic rings. The second-order valence-electron chi connectivity index (χ2n) is 3.11. The second kappa shape index (κ2) is 3.90. The van der Waals surface area contributed by atoms with E-state index in [2.05, 4.69) is 0 Å². The van der Waals surface area contributed by atoms with Gasteiger partial charge in [0.1, 0.15) is 12.4 Å². The zero-order chi connectivity index (χ0) is 11.0. The average Bonchev–Trinajstić information content (AvgIpc) is 2.17. The number of nitrogens with zero attached hydrogens (tertiary/aromatic N) is 1. The fourth-order valence-electron chi connectivity index (χ4n) is 1.44. The molecule has 15 heavy (non-hydrogen) atoms. The Hall–Kier alpha value is -0.950. The summed E-state index contributed by atoms with van der Waals surface area (Å²) < 4.78 is 14.1. The van der Waals surface area contributed by atoms with Crippen molar-refractivity contribution in [2.75, 3.05) is 0 Å². The van der Waals surface area contributed by atoms with Crippen LogP contribution in [0, 0.1) is 14.6 Å². The Kier molecular flexibility index (Phi) is 2.74. The van der Waals surface area contributed by atoms with E-state index >= 15 is 0 Å². The van der Waals surface area contributed by atoms with E-state index in [9.17, 15) is 9.60 Å². The Bertz CT molecular complexity index is 530. The van der Waals surface area contributed by atoms with E-state index < -0.39 is 0 Å². The van der Waals surface area contributed by atoms with Crippen molar-refractivity contribution in [2.45, 2.75) is 6.61 Å². The lowest BCUT2D eigenvalue weighted by molar-refractivity contribution is -0.615. The maximum atomic E-state index is 12.9. The van der Waals surface area contributed by atoms with Gasteiger partial charge in [-0.15, -0.1) is 0 Å². The van der Waals surface area contributed by atoms with Crippen molar-refractivity contribution in [2.24, 2.45) is 0 Å². The molecule has 2 aromatic rings. The highest BCUT2D eigenvalue weighted by molar-refractivity contribution is 14.1. The van der Waals surface area contributed by atoms with Crippen LogP contribution in [0.5, 0.6) is 0 Å². The molecular weight excluding hydrogens is 312 g/mol. The minimum Gasteiger partial charge on any atom is -0.618 e. The average molecular weight is 319 g/mol. The molecule has 2 rings (SSSR count). The molecule has 78 valence electrons. The Labute approximate surface area is 98.9 Å². The van der Waals surface area contributed by atoms with E-state index in [0.29, 0.717) is 13.7 Å². The second-order valence-corrected chi connectivity index (χ2v) is 4.18. The first-order chi connectivity index (χ1) is 7.13. The van der Waals surface area contributed by atoms with Gasteiger partial charge in [0.2, 0.25) is 5.69 Å². The molecular formula is C10H7FINO2. The van der Waals surface area contributed by atoms with Gasteiger partial charge in [-0.05, 0) is 40.8 Å². The van der Waals surface area contributed by atoms with Gasteiger partial charge in [0.05, 0.1) is 8.96 Å². The van der Waals surface area contributed by atoms with E-state index in [1.54, 1.807) is 6.07 Å². The topological polar surface area (TPSA) is 47.2 Å². The molecule has 1 aromatic heterocycles. The standard InChI is InChI=1S/C10H7FINO2/c11-7-1-2-8-6(3-7)4-13(15)9(5-14)10(8)12/h1-4,14H,5H2. The van der Waals surface area contributed by atoms with E-state index in [0.717, 1.165) is 5.39 Å². The predicted octanol–water partition coefficient (Wildman–Crippen LogP) is 1.71. The molecule has 0 bridgehead atoms. The molecule has 0 saturated carbocycles. The summed E-state index contributed by atoms with van der Waals surface area (Å²) in [4.78, 5) is 0. The number of benzene rings is 1. The van der Waals surface area contributed by atoms with Gasteiger partial charge in [0.25, 0.3) is 0 Å². The number of halogens is 2. The third-order valence-electron chi connectivity index (χ3n) is 2.18. The number of aliphatic hydroxyl groups is 1. The van der Waals surface area contributed by atoms with Gasteiger partial charge in [0.15, 0.2) is 6.20 Å². The predicted molar refractivity (Wildman–Crippen MR) is 61.5 cm³/mol. The normalized spacial score (nSPS) is 10.9. The van der Waals surface area contributed by atoms with Gasteiger partial charge in [0, 0.05) is 5.39 Å². The van der Waals surface area contributed by atoms with Crippen molar-refractivity contribution >= 4 is 33.4 Å². The molecule has 5 heteroatoms. The quantitative estimate of drug-likeness (QED) is 0.494. The third-order valence-corrected chi connectivity index (χ3v) is 3.38. The third kappa shape index (κ3) is 1.76. The summed E-state index contributed by atoms with van der Waals surface area (Å²) >= 11 is 1.97. The maximum Gasteiger partial charge on any atom is 0.232 e. The van der Waals surface area contributed by atoms with Gasteiger partial charge in [-0.2, -0.15) is 4.73 Å². The zero-order valence-electron chi connectivity index (χ0n) is 7.58. The SMILES string of the molecule is [O-][n+]1cc2cc(F)ccc2c(I)c1CO. The fourth-order valence-corrected chi connectivity index (χ4v) is 2.34. The van der Waals surface area contributed by atoms with E-state index in [-0.39, 0.29) is 18.1 Å². The Balaban J connectivity index is 2.84. The van der Waals surface area contributed by atoms with Gasteiger partial charge in [-0.3, -0.25) is 0 Å². The van der Waals surface area contributed by atoms with Gasteiger partial charge in [-0.25, -0.2) is 4.39 Å². The lowest BCUT2D eigenvalue weighted by Gasteiger charge is -2.07. The monoisotopic (exact) mass is 319 g/mol. The first-order valence-corrected chi connectivity index (χ1v) is 5.32. The first kappa shape index (κ1) is 10.6.